The van der Waals surface area contributed by atoms with Crippen molar-refractivity contribution in [3.8, 4) is 5.69 Å². The van der Waals surface area contributed by atoms with Crippen molar-refractivity contribution in [2.45, 2.75) is 17.3 Å². The van der Waals surface area contributed by atoms with Crippen LogP contribution in [0.15, 0.2) is 39.0 Å². The number of benzene rings is 1. The van der Waals surface area contributed by atoms with Gasteiger partial charge in [-0.25, -0.2) is 4.79 Å². The standard InChI is InChI=1S/C16H16ClN7O3S/c1-8(12(25)11-13(18)22(2)16(27)23(3)14(11)26)28-15-19-20-21-24(15)10-6-4-9(17)5-7-10/h4-8H,18H2,1-3H3. The van der Waals surface area contributed by atoms with Crippen LogP contribution in [-0.2, 0) is 14.1 Å². The van der Waals surface area contributed by atoms with Gasteiger partial charge in [-0.15, -0.1) is 5.10 Å². The number of thioether (sulfide) groups is 1. The number of tetrazole rings is 1. The van der Waals surface area contributed by atoms with Gasteiger partial charge in [-0.05, 0) is 41.6 Å². The van der Waals surface area contributed by atoms with Crippen LogP contribution in [0.2, 0.25) is 5.02 Å². The molecule has 0 saturated carbocycles. The maximum atomic E-state index is 12.9. The maximum Gasteiger partial charge on any atom is 0.332 e. The number of hydrogen-bond acceptors (Lipinski definition) is 8. The first kappa shape index (κ1) is 19.8. The van der Waals surface area contributed by atoms with Gasteiger partial charge in [0.15, 0.2) is 5.78 Å². The van der Waals surface area contributed by atoms with E-state index in [0.29, 0.717) is 15.9 Å². The van der Waals surface area contributed by atoms with Crippen molar-refractivity contribution < 1.29 is 4.79 Å². The Bertz CT molecular complexity index is 1170. The maximum absolute atomic E-state index is 12.9. The van der Waals surface area contributed by atoms with E-state index >= 15 is 0 Å². The number of carbonyl (C=O) groups excluding carboxylic acids is 1. The highest BCUT2D eigenvalue weighted by Gasteiger charge is 2.27. The molecule has 0 amide bonds. The first-order valence-electron chi connectivity index (χ1n) is 8.03. The Morgan fingerprint density at radius 3 is 2.46 bits per heavy atom. The molecule has 0 aliphatic rings. The summed E-state index contributed by atoms with van der Waals surface area (Å²) < 4.78 is 3.36. The molecule has 12 heteroatoms. The van der Waals surface area contributed by atoms with Crippen LogP contribution < -0.4 is 17.0 Å². The lowest BCUT2D eigenvalue weighted by Gasteiger charge is -2.14. The van der Waals surface area contributed by atoms with E-state index in [1.54, 1.807) is 31.2 Å². The van der Waals surface area contributed by atoms with Gasteiger partial charge in [0.05, 0.1) is 10.9 Å². The molecular weight excluding hydrogens is 406 g/mol. The fourth-order valence-electron chi connectivity index (χ4n) is 2.50. The molecule has 2 N–H and O–H groups in total. The SMILES string of the molecule is CC(Sc1nnnn1-c1ccc(Cl)cc1)C(=O)c1c(N)n(C)c(=O)n(C)c1=O. The van der Waals surface area contributed by atoms with Gasteiger partial charge in [0.1, 0.15) is 11.4 Å². The molecule has 3 aromatic rings. The Hall–Kier alpha value is -2.92. The molecule has 2 aromatic heterocycles. The quantitative estimate of drug-likeness (QED) is 0.469. The molecule has 0 saturated heterocycles. The number of ketones is 1. The molecule has 0 aliphatic heterocycles. The molecule has 0 bridgehead atoms. The van der Waals surface area contributed by atoms with E-state index in [1.807, 2.05) is 0 Å². The molecule has 1 aromatic carbocycles. The average molecular weight is 422 g/mol. The second-order valence-electron chi connectivity index (χ2n) is 5.94. The van der Waals surface area contributed by atoms with Crippen molar-refractivity contribution in [1.82, 2.24) is 29.3 Å². The van der Waals surface area contributed by atoms with Gasteiger partial charge in [0, 0.05) is 19.1 Å². The summed E-state index contributed by atoms with van der Waals surface area (Å²) in [6.45, 7) is 1.61. The third kappa shape index (κ3) is 3.45. The predicted octanol–water partition coefficient (Wildman–Crippen LogP) is 0.659. The lowest BCUT2D eigenvalue weighted by Crippen LogP contribution is -2.42. The smallest absolute Gasteiger partial charge is 0.332 e. The average Bonchev–Trinajstić information content (AvgIpc) is 3.13. The number of carbonyl (C=O) groups is 1. The number of rotatable bonds is 5. The molecule has 0 spiro atoms. The van der Waals surface area contributed by atoms with Gasteiger partial charge in [-0.3, -0.25) is 18.7 Å². The monoisotopic (exact) mass is 421 g/mol. The number of hydrogen-bond donors (Lipinski definition) is 1. The van der Waals surface area contributed by atoms with Crippen LogP contribution in [0.4, 0.5) is 5.82 Å². The zero-order valence-corrected chi connectivity index (χ0v) is 16.7. The molecule has 0 fully saturated rings. The van der Waals surface area contributed by atoms with E-state index in [0.717, 1.165) is 20.9 Å². The van der Waals surface area contributed by atoms with E-state index in [1.165, 1.54) is 18.8 Å². The van der Waals surface area contributed by atoms with Crippen LogP contribution in [0.1, 0.15) is 17.3 Å². The minimum absolute atomic E-state index is 0.178. The van der Waals surface area contributed by atoms with Crippen LogP contribution in [0.3, 0.4) is 0 Å². The van der Waals surface area contributed by atoms with Gasteiger partial charge in [-0.2, -0.15) is 4.68 Å². The molecule has 0 radical (unpaired) electrons. The van der Waals surface area contributed by atoms with Gasteiger partial charge in [0.2, 0.25) is 5.16 Å². The number of halogens is 1. The fraction of sp³-hybridized carbons (Fsp3) is 0.250. The minimum Gasteiger partial charge on any atom is -0.384 e. The van der Waals surface area contributed by atoms with E-state index in [-0.39, 0.29) is 11.4 Å². The van der Waals surface area contributed by atoms with Crippen molar-refractivity contribution in [3.63, 3.8) is 0 Å². The molecule has 2 heterocycles. The Morgan fingerprint density at radius 2 is 1.82 bits per heavy atom. The Balaban J connectivity index is 1.94. The summed E-state index contributed by atoms with van der Waals surface area (Å²) in [7, 11) is 2.69. The number of nitrogens with zero attached hydrogens (tertiary/aromatic N) is 6. The summed E-state index contributed by atoms with van der Waals surface area (Å²) in [6, 6.07) is 6.85. The summed E-state index contributed by atoms with van der Waals surface area (Å²) in [4.78, 5) is 37.2. The van der Waals surface area contributed by atoms with E-state index in [9.17, 15) is 14.4 Å². The highest BCUT2D eigenvalue weighted by Crippen LogP contribution is 2.26. The lowest BCUT2D eigenvalue weighted by molar-refractivity contribution is 0.0992. The third-order valence-corrected chi connectivity index (χ3v) is 5.40. The number of aromatic nitrogens is 6. The van der Waals surface area contributed by atoms with Crippen LogP contribution in [-0.4, -0.2) is 40.4 Å². The third-order valence-electron chi connectivity index (χ3n) is 4.12. The first-order chi connectivity index (χ1) is 13.2. The predicted molar refractivity (Wildman–Crippen MR) is 105 cm³/mol. The number of Topliss-reactive ketones (excluding diaryl/α,β-unsaturated/α-hetero) is 1. The van der Waals surface area contributed by atoms with Crippen molar-refractivity contribution in [2.75, 3.05) is 5.73 Å². The lowest BCUT2D eigenvalue weighted by atomic mass is 10.1. The van der Waals surface area contributed by atoms with Crippen LogP contribution in [0.5, 0.6) is 0 Å². The summed E-state index contributed by atoms with van der Waals surface area (Å²) in [5.41, 5.74) is 4.94. The largest absolute Gasteiger partial charge is 0.384 e. The summed E-state index contributed by atoms with van der Waals surface area (Å²) >= 11 is 6.96. The number of nitrogens with two attached hydrogens (primary N) is 1. The Morgan fingerprint density at radius 1 is 1.18 bits per heavy atom. The second kappa shape index (κ2) is 7.60. The van der Waals surface area contributed by atoms with Gasteiger partial charge < -0.3 is 5.73 Å². The summed E-state index contributed by atoms with van der Waals surface area (Å²) in [6.07, 6.45) is 0. The summed E-state index contributed by atoms with van der Waals surface area (Å²) in [5, 5.41) is 11.7. The fourth-order valence-corrected chi connectivity index (χ4v) is 3.50. The van der Waals surface area contributed by atoms with Crippen molar-refractivity contribution in [2.24, 2.45) is 14.1 Å². The molecule has 28 heavy (non-hydrogen) atoms. The highest BCUT2D eigenvalue weighted by atomic mass is 35.5. The molecule has 10 nitrogen and oxygen atoms in total. The van der Waals surface area contributed by atoms with Gasteiger partial charge >= 0.3 is 5.69 Å². The zero-order chi connectivity index (χ0) is 20.6. The number of nitrogen functional groups attached to an aromatic ring is 1. The van der Waals surface area contributed by atoms with E-state index < -0.39 is 22.3 Å². The van der Waals surface area contributed by atoms with Crippen LogP contribution in [0, 0.1) is 0 Å². The summed E-state index contributed by atoms with van der Waals surface area (Å²) in [5.74, 6) is -0.702. The molecule has 1 unspecified atom stereocenters. The molecule has 0 aliphatic carbocycles. The molecular formula is C16H16ClN7O3S. The van der Waals surface area contributed by atoms with Crippen LogP contribution >= 0.6 is 23.4 Å². The first-order valence-corrected chi connectivity index (χ1v) is 9.28. The Labute approximate surface area is 167 Å². The van der Waals surface area contributed by atoms with Gasteiger partial charge in [-0.1, -0.05) is 23.4 Å². The topological polar surface area (TPSA) is 131 Å². The van der Waals surface area contributed by atoms with Crippen molar-refractivity contribution in [3.05, 3.63) is 55.7 Å². The minimum atomic E-state index is -0.740. The molecule has 1 atom stereocenters. The van der Waals surface area contributed by atoms with E-state index in [2.05, 4.69) is 15.5 Å². The highest BCUT2D eigenvalue weighted by molar-refractivity contribution is 8.00. The number of anilines is 1. The van der Waals surface area contributed by atoms with Crippen molar-refractivity contribution in [1.29, 1.82) is 0 Å². The van der Waals surface area contributed by atoms with Crippen molar-refractivity contribution >= 4 is 35.0 Å². The normalized spacial score (nSPS) is 12.1. The Kier molecular flexibility index (Phi) is 5.38. The molecule has 3 rings (SSSR count). The molecule has 146 valence electrons. The van der Waals surface area contributed by atoms with Crippen LogP contribution in [0.25, 0.3) is 5.69 Å². The second-order valence-corrected chi connectivity index (χ2v) is 7.68. The van der Waals surface area contributed by atoms with E-state index in [4.69, 9.17) is 17.3 Å². The zero-order valence-electron chi connectivity index (χ0n) is 15.2. The van der Waals surface area contributed by atoms with Gasteiger partial charge in [0.25, 0.3) is 5.56 Å².